The molecule has 0 saturated carbocycles. The van der Waals surface area contributed by atoms with Gasteiger partial charge in [-0.2, -0.15) is 0 Å². The summed E-state index contributed by atoms with van der Waals surface area (Å²) in [6.45, 7) is 0. The fraction of sp³-hybridized carbons (Fsp3) is 0.235. The number of benzene rings is 2. The van der Waals surface area contributed by atoms with Crippen LogP contribution in [0.1, 0.15) is 11.1 Å². The van der Waals surface area contributed by atoms with E-state index < -0.39 is 0 Å². The number of amides is 1. The summed E-state index contributed by atoms with van der Waals surface area (Å²) in [5, 5.41) is 3.00. The molecule has 2 aromatic carbocycles. The van der Waals surface area contributed by atoms with E-state index in [2.05, 4.69) is 21.2 Å². The van der Waals surface area contributed by atoms with Gasteiger partial charge in [0, 0.05) is 16.4 Å². The lowest BCUT2D eigenvalue weighted by Gasteiger charge is -2.16. The van der Waals surface area contributed by atoms with Crippen molar-refractivity contribution in [3.63, 3.8) is 0 Å². The predicted molar refractivity (Wildman–Crippen MR) is 90.6 cm³/mol. The van der Waals surface area contributed by atoms with Crippen molar-refractivity contribution < 1.29 is 4.79 Å². The number of halogens is 2. The molecular weight excluding hydrogens is 350 g/mol. The fourth-order valence-electron chi connectivity index (χ4n) is 2.11. The first-order chi connectivity index (χ1) is 10.2. The van der Waals surface area contributed by atoms with Crippen LogP contribution in [0.3, 0.4) is 0 Å². The van der Waals surface area contributed by atoms with Gasteiger partial charge in [-0.25, -0.2) is 0 Å². The Balaban J connectivity index is 1.89. The van der Waals surface area contributed by atoms with E-state index in [1.165, 1.54) is 5.56 Å². The molecule has 1 N–H and O–H groups in total. The molecule has 2 aromatic rings. The van der Waals surface area contributed by atoms with Crippen molar-refractivity contribution in [2.75, 3.05) is 5.88 Å². The summed E-state index contributed by atoms with van der Waals surface area (Å²) >= 11 is 9.35. The quantitative estimate of drug-likeness (QED) is 0.770. The monoisotopic (exact) mass is 365 g/mol. The van der Waals surface area contributed by atoms with Crippen LogP contribution in [-0.2, 0) is 17.6 Å². The van der Waals surface area contributed by atoms with Gasteiger partial charge >= 0.3 is 0 Å². The van der Waals surface area contributed by atoms with Gasteiger partial charge in [-0.15, -0.1) is 11.6 Å². The fourth-order valence-corrected chi connectivity index (χ4v) is 2.56. The van der Waals surface area contributed by atoms with E-state index in [-0.39, 0.29) is 11.9 Å². The Morgan fingerprint density at radius 3 is 2.33 bits per heavy atom. The topological polar surface area (TPSA) is 29.1 Å². The second kappa shape index (κ2) is 8.20. The van der Waals surface area contributed by atoms with Gasteiger partial charge in [0.2, 0.25) is 5.91 Å². The third kappa shape index (κ3) is 5.52. The Morgan fingerprint density at radius 2 is 1.71 bits per heavy atom. The Morgan fingerprint density at radius 1 is 1.05 bits per heavy atom. The molecule has 4 heteroatoms. The Labute approximate surface area is 138 Å². The third-order valence-electron chi connectivity index (χ3n) is 3.15. The molecule has 1 amide bonds. The lowest BCUT2D eigenvalue weighted by molar-refractivity contribution is -0.121. The molecule has 0 aliphatic rings. The van der Waals surface area contributed by atoms with Crippen LogP contribution in [0.2, 0.25) is 0 Å². The van der Waals surface area contributed by atoms with Gasteiger partial charge in [0.05, 0.1) is 6.42 Å². The summed E-state index contributed by atoms with van der Waals surface area (Å²) in [6, 6.07) is 17.8. The number of alkyl halides is 1. The molecule has 0 heterocycles. The lowest BCUT2D eigenvalue weighted by atomic mass is 10.1. The second-order valence-electron chi connectivity index (χ2n) is 4.91. The van der Waals surface area contributed by atoms with Crippen LogP contribution in [0.5, 0.6) is 0 Å². The summed E-state index contributed by atoms with van der Waals surface area (Å²) in [5.74, 6) is 0.403. The van der Waals surface area contributed by atoms with Gasteiger partial charge in [-0.3, -0.25) is 4.79 Å². The standard InChI is InChI=1S/C17H17BrClNO/c18-15-8-6-14(7-9-15)11-17(21)20-16(12-19)10-13-4-2-1-3-5-13/h1-9,16H,10-12H2,(H,20,21). The molecule has 2 nitrogen and oxygen atoms in total. The highest BCUT2D eigenvalue weighted by molar-refractivity contribution is 9.10. The highest BCUT2D eigenvalue weighted by atomic mass is 79.9. The third-order valence-corrected chi connectivity index (χ3v) is 4.06. The molecule has 0 saturated heterocycles. The summed E-state index contributed by atoms with van der Waals surface area (Å²) in [6.07, 6.45) is 1.12. The zero-order chi connectivity index (χ0) is 15.1. The number of carbonyl (C=O) groups excluding carboxylic acids is 1. The normalized spacial score (nSPS) is 11.9. The van der Waals surface area contributed by atoms with E-state index in [4.69, 9.17) is 11.6 Å². The van der Waals surface area contributed by atoms with Gasteiger partial charge in [0.25, 0.3) is 0 Å². The predicted octanol–water partition coefficient (Wildman–Crippen LogP) is 3.96. The van der Waals surface area contributed by atoms with Gasteiger partial charge in [0.15, 0.2) is 0 Å². The summed E-state index contributed by atoms with van der Waals surface area (Å²) in [4.78, 5) is 12.1. The number of carbonyl (C=O) groups is 1. The molecule has 0 fully saturated rings. The Kier molecular flexibility index (Phi) is 6.27. The van der Waals surface area contributed by atoms with Gasteiger partial charge in [-0.05, 0) is 29.7 Å². The summed E-state index contributed by atoms with van der Waals surface area (Å²) < 4.78 is 1.01. The number of nitrogens with one attached hydrogen (secondary N) is 1. The molecule has 1 atom stereocenters. The highest BCUT2D eigenvalue weighted by Gasteiger charge is 2.12. The smallest absolute Gasteiger partial charge is 0.224 e. The van der Waals surface area contributed by atoms with Crippen molar-refractivity contribution >= 4 is 33.4 Å². The molecule has 0 bridgehead atoms. The van der Waals surface area contributed by atoms with Crippen molar-refractivity contribution in [1.29, 1.82) is 0 Å². The van der Waals surface area contributed by atoms with Crippen LogP contribution in [0.25, 0.3) is 0 Å². The summed E-state index contributed by atoms with van der Waals surface area (Å²) in [7, 11) is 0. The zero-order valence-corrected chi connectivity index (χ0v) is 13.9. The lowest BCUT2D eigenvalue weighted by Crippen LogP contribution is -2.38. The Hall–Kier alpha value is -1.32. The van der Waals surface area contributed by atoms with Crippen molar-refractivity contribution in [3.8, 4) is 0 Å². The van der Waals surface area contributed by atoms with Crippen molar-refractivity contribution in [2.45, 2.75) is 18.9 Å². The van der Waals surface area contributed by atoms with Crippen LogP contribution in [0.15, 0.2) is 59.1 Å². The van der Waals surface area contributed by atoms with E-state index >= 15 is 0 Å². The van der Waals surface area contributed by atoms with Crippen molar-refractivity contribution in [1.82, 2.24) is 5.32 Å². The van der Waals surface area contributed by atoms with Crippen molar-refractivity contribution in [2.24, 2.45) is 0 Å². The Bertz CT molecular complexity index is 571. The minimum absolute atomic E-state index is 0.00102. The molecule has 0 radical (unpaired) electrons. The van der Waals surface area contributed by atoms with E-state index in [0.717, 1.165) is 16.5 Å². The first-order valence-electron chi connectivity index (χ1n) is 6.81. The maximum atomic E-state index is 12.1. The first kappa shape index (κ1) is 16.1. The van der Waals surface area contributed by atoms with E-state index in [1.54, 1.807) is 0 Å². The molecule has 0 aromatic heterocycles. The molecule has 110 valence electrons. The molecule has 1 unspecified atom stereocenters. The average Bonchev–Trinajstić information content (AvgIpc) is 2.50. The number of hydrogen-bond donors (Lipinski definition) is 1. The number of rotatable bonds is 6. The van der Waals surface area contributed by atoms with Gasteiger partial charge in [0.1, 0.15) is 0 Å². The summed E-state index contributed by atoms with van der Waals surface area (Å²) in [5.41, 5.74) is 2.16. The van der Waals surface area contributed by atoms with Gasteiger partial charge in [-0.1, -0.05) is 58.4 Å². The molecule has 2 rings (SSSR count). The maximum Gasteiger partial charge on any atom is 0.224 e. The van der Waals surface area contributed by atoms with Crippen molar-refractivity contribution in [3.05, 3.63) is 70.2 Å². The molecule has 0 aliphatic carbocycles. The molecule has 21 heavy (non-hydrogen) atoms. The largest absolute Gasteiger partial charge is 0.352 e. The molecular formula is C17H17BrClNO. The molecule has 0 spiro atoms. The van der Waals surface area contributed by atoms with Crippen LogP contribution in [-0.4, -0.2) is 17.8 Å². The average molecular weight is 367 g/mol. The van der Waals surface area contributed by atoms with E-state index in [9.17, 15) is 4.79 Å². The van der Waals surface area contributed by atoms with E-state index in [0.29, 0.717) is 12.3 Å². The zero-order valence-electron chi connectivity index (χ0n) is 11.6. The van der Waals surface area contributed by atoms with Crippen LogP contribution >= 0.6 is 27.5 Å². The molecule has 0 aliphatic heterocycles. The minimum atomic E-state index is -0.0444. The van der Waals surface area contributed by atoms with Crippen LogP contribution < -0.4 is 5.32 Å². The maximum absolute atomic E-state index is 12.1. The van der Waals surface area contributed by atoms with Crippen LogP contribution in [0, 0.1) is 0 Å². The number of hydrogen-bond acceptors (Lipinski definition) is 1. The highest BCUT2D eigenvalue weighted by Crippen LogP contribution is 2.11. The second-order valence-corrected chi connectivity index (χ2v) is 6.14. The minimum Gasteiger partial charge on any atom is -0.352 e. The SMILES string of the molecule is O=C(Cc1ccc(Br)cc1)NC(CCl)Cc1ccccc1. The van der Waals surface area contributed by atoms with Gasteiger partial charge < -0.3 is 5.32 Å². The first-order valence-corrected chi connectivity index (χ1v) is 8.14. The van der Waals surface area contributed by atoms with Crippen LogP contribution in [0.4, 0.5) is 0 Å². The van der Waals surface area contributed by atoms with E-state index in [1.807, 2.05) is 54.6 Å².